The van der Waals surface area contributed by atoms with Gasteiger partial charge in [0.1, 0.15) is 5.75 Å². The number of hydrogen-bond donors (Lipinski definition) is 1. The molecule has 1 atom stereocenters. The number of ether oxygens (including phenoxy) is 1. The van der Waals surface area contributed by atoms with Crippen molar-refractivity contribution in [1.29, 1.82) is 0 Å². The van der Waals surface area contributed by atoms with Gasteiger partial charge in [-0.3, -0.25) is 9.59 Å². The Hall–Kier alpha value is -3.03. The third kappa shape index (κ3) is 4.27. The zero-order chi connectivity index (χ0) is 20.3. The number of hydrogen-bond acceptors (Lipinski definition) is 3. The average Bonchev–Trinajstić information content (AvgIpc) is 3.02. The minimum Gasteiger partial charge on any atom is -0.494 e. The lowest BCUT2D eigenvalue weighted by Gasteiger charge is -2.18. The van der Waals surface area contributed by atoms with Crippen LogP contribution in [0.5, 0.6) is 5.75 Å². The predicted octanol–water partition coefficient (Wildman–Crippen LogP) is 3.64. The zero-order valence-corrected chi connectivity index (χ0v) is 15.1. The molecule has 1 fully saturated rings. The molecule has 1 heterocycles. The van der Waals surface area contributed by atoms with Crippen LogP contribution in [0, 0.1) is 0 Å². The van der Waals surface area contributed by atoms with Gasteiger partial charge in [0, 0.05) is 18.7 Å². The van der Waals surface area contributed by atoms with E-state index in [2.05, 4.69) is 5.32 Å². The summed E-state index contributed by atoms with van der Waals surface area (Å²) in [5.41, 5.74) is -0.817. The Kier molecular flexibility index (Phi) is 5.58. The number of rotatable bonds is 5. The first kappa shape index (κ1) is 19.7. The summed E-state index contributed by atoms with van der Waals surface area (Å²) in [5, 5.41) is 2.54. The van der Waals surface area contributed by atoms with E-state index in [-0.39, 0.29) is 18.9 Å². The van der Waals surface area contributed by atoms with Crippen molar-refractivity contribution in [2.75, 3.05) is 18.1 Å². The van der Waals surface area contributed by atoms with Gasteiger partial charge in [0.2, 0.25) is 5.91 Å². The molecule has 1 saturated heterocycles. The van der Waals surface area contributed by atoms with E-state index in [9.17, 15) is 22.8 Å². The Morgan fingerprint density at radius 2 is 1.86 bits per heavy atom. The number of anilines is 1. The molecule has 3 rings (SSSR count). The van der Waals surface area contributed by atoms with E-state index in [4.69, 9.17) is 4.74 Å². The quantitative estimate of drug-likeness (QED) is 0.845. The molecule has 1 unspecified atom stereocenters. The molecular formula is C20H19F3N2O3. The molecule has 5 nitrogen and oxygen atoms in total. The number of alkyl halides is 3. The van der Waals surface area contributed by atoms with Crippen molar-refractivity contribution in [3.63, 3.8) is 0 Å². The third-order valence-electron chi connectivity index (χ3n) is 4.40. The van der Waals surface area contributed by atoms with Gasteiger partial charge in [-0.25, -0.2) is 0 Å². The molecule has 0 aromatic heterocycles. The minimum absolute atomic E-state index is 0.0210. The van der Waals surface area contributed by atoms with Crippen LogP contribution < -0.4 is 15.0 Å². The van der Waals surface area contributed by atoms with Gasteiger partial charge in [0.15, 0.2) is 0 Å². The third-order valence-corrected chi connectivity index (χ3v) is 4.40. The first-order chi connectivity index (χ1) is 13.3. The summed E-state index contributed by atoms with van der Waals surface area (Å²) in [6, 6.07) is 10.9. The molecule has 0 aliphatic carbocycles. The van der Waals surface area contributed by atoms with Crippen molar-refractivity contribution < 1.29 is 27.5 Å². The fourth-order valence-corrected chi connectivity index (χ4v) is 3.13. The van der Waals surface area contributed by atoms with Gasteiger partial charge in [0.05, 0.1) is 23.8 Å². The van der Waals surface area contributed by atoms with E-state index in [1.165, 1.54) is 17.0 Å². The molecular weight excluding hydrogens is 373 g/mol. The molecule has 2 aromatic rings. The Morgan fingerprint density at radius 1 is 1.18 bits per heavy atom. The zero-order valence-electron chi connectivity index (χ0n) is 15.1. The maximum Gasteiger partial charge on any atom is 0.417 e. The van der Waals surface area contributed by atoms with E-state index in [1.807, 2.05) is 6.92 Å². The van der Waals surface area contributed by atoms with Crippen LogP contribution in [-0.4, -0.2) is 31.0 Å². The van der Waals surface area contributed by atoms with Crippen molar-refractivity contribution in [1.82, 2.24) is 5.32 Å². The van der Waals surface area contributed by atoms with Crippen molar-refractivity contribution >= 4 is 17.5 Å². The molecule has 8 heteroatoms. The Balaban J connectivity index is 1.70. The Morgan fingerprint density at radius 3 is 2.50 bits per heavy atom. The monoisotopic (exact) mass is 392 g/mol. The number of nitrogens with one attached hydrogen (secondary N) is 1. The van der Waals surface area contributed by atoms with Crippen molar-refractivity contribution in [2.24, 2.45) is 0 Å². The smallest absolute Gasteiger partial charge is 0.417 e. The Labute approximate surface area is 160 Å². The maximum absolute atomic E-state index is 13.1. The van der Waals surface area contributed by atoms with Crippen LogP contribution in [0.15, 0.2) is 48.5 Å². The summed E-state index contributed by atoms with van der Waals surface area (Å²) >= 11 is 0. The van der Waals surface area contributed by atoms with Gasteiger partial charge in [-0.1, -0.05) is 12.1 Å². The molecule has 0 radical (unpaired) electrons. The van der Waals surface area contributed by atoms with Crippen molar-refractivity contribution in [2.45, 2.75) is 25.6 Å². The Bertz CT molecular complexity index is 866. The summed E-state index contributed by atoms with van der Waals surface area (Å²) in [6.07, 6.45) is -4.61. The molecule has 2 aromatic carbocycles. The summed E-state index contributed by atoms with van der Waals surface area (Å²) < 4.78 is 44.7. The molecule has 1 aliphatic heterocycles. The van der Waals surface area contributed by atoms with Crippen LogP contribution in [-0.2, 0) is 11.0 Å². The van der Waals surface area contributed by atoms with E-state index in [1.54, 1.807) is 24.3 Å². The lowest BCUT2D eigenvalue weighted by Crippen LogP contribution is -2.38. The summed E-state index contributed by atoms with van der Waals surface area (Å²) in [4.78, 5) is 26.2. The SMILES string of the molecule is CCOc1ccc(N2CC(NC(=O)c3ccccc3C(F)(F)F)CC2=O)cc1. The summed E-state index contributed by atoms with van der Waals surface area (Å²) in [6.45, 7) is 2.57. The average molecular weight is 392 g/mol. The largest absolute Gasteiger partial charge is 0.494 e. The molecule has 28 heavy (non-hydrogen) atoms. The second-order valence-electron chi connectivity index (χ2n) is 6.35. The molecule has 2 amide bonds. The fraction of sp³-hybridized carbons (Fsp3) is 0.300. The lowest BCUT2D eigenvalue weighted by molar-refractivity contribution is -0.138. The van der Waals surface area contributed by atoms with Crippen LogP contribution in [0.1, 0.15) is 29.3 Å². The topological polar surface area (TPSA) is 58.6 Å². The highest BCUT2D eigenvalue weighted by Crippen LogP contribution is 2.32. The highest BCUT2D eigenvalue weighted by Gasteiger charge is 2.36. The van der Waals surface area contributed by atoms with Gasteiger partial charge in [-0.2, -0.15) is 13.2 Å². The highest BCUT2D eigenvalue weighted by atomic mass is 19.4. The van der Waals surface area contributed by atoms with Crippen LogP contribution >= 0.6 is 0 Å². The normalized spacial score (nSPS) is 16.9. The molecule has 1 aliphatic rings. The maximum atomic E-state index is 13.1. The lowest BCUT2D eigenvalue weighted by atomic mass is 10.1. The van der Waals surface area contributed by atoms with Crippen LogP contribution in [0.3, 0.4) is 0 Å². The standard InChI is InChI=1S/C20H19F3N2O3/c1-2-28-15-9-7-14(8-10-15)25-12-13(11-18(25)26)24-19(27)16-5-3-4-6-17(16)20(21,22)23/h3-10,13H,2,11-12H2,1H3,(H,24,27). The molecule has 0 bridgehead atoms. The number of nitrogens with zero attached hydrogens (tertiary/aromatic N) is 1. The molecule has 148 valence electrons. The van der Waals surface area contributed by atoms with Crippen LogP contribution in [0.4, 0.5) is 18.9 Å². The van der Waals surface area contributed by atoms with Gasteiger partial charge in [-0.05, 0) is 43.3 Å². The van der Waals surface area contributed by atoms with E-state index in [0.29, 0.717) is 18.0 Å². The van der Waals surface area contributed by atoms with E-state index in [0.717, 1.165) is 12.1 Å². The molecule has 1 N–H and O–H groups in total. The fourth-order valence-electron chi connectivity index (χ4n) is 3.13. The predicted molar refractivity (Wildman–Crippen MR) is 97.3 cm³/mol. The number of benzene rings is 2. The van der Waals surface area contributed by atoms with Crippen molar-refractivity contribution in [3.05, 3.63) is 59.7 Å². The molecule has 0 saturated carbocycles. The minimum atomic E-state index is -4.63. The van der Waals surface area contributed by atoms with Crippen LogP contribution in [0.25, 0.3) is 0 Å². The number of carbonyl (C=O) groups is 2. The first-order valence-corrected chi connectivity index (χ1v) is 8.80. The molecule has 0 spiro atoms. The van der Waals surface area contributed by atoms with E-state index < -0.39 is 29.3 Å². The second kappa shape index (κ2) is 7.92. The number of carbonyl (C=O) groups excluding carboxylic acids is 2. The van der Waals surface area contributed by atoms with E-state index >= 15 is 0 Å². The number of halogens is 3. The summed E-state index contributed by atoms with van der Waals surface area (Å²) in [7, 11) is 0. The first-order valence-electron chi connectivity index (χ1n) is 8.80. The van der Waals surface area contributed by atoms with Gasteiger partial charge >= 0.3 is 6.18 Å². The van der Waals surface area contributed by atoms with Gasteiger partial charge in [-0.15, -0.1) is 0 Å². The van der Waals surface area contributed by atoms with Gasteiger partial charge in [0.25, 0.3) is 5.91 Å². The van der Waals surface area contributed by atoms with Crippen molar-refractivity contribution in [3.8, 4) is 5.75 Å². The number of amides is 2. The second-order valence-corrected chi connectivity index (χ2v) is 6.35. The summed E-state index contributed by atoms with van der Waals surface area (Å²) in [5.74, 6) is -0.385. The van der Waals surface area contributed by atoms with Gasteiger partial charge < -0.3 is 15.0 Å². The highest BCUT2D eigenvalue weighted by molar-refractivity contribution is 5.99. The van der Waals surface area contributed by atoms with Crippen LogP contribution in [0.2, 0.25) is 0 Å².